The Morgan fingerprint density at radius 1 is 1.17 bits per heavy atom. The summed E-state index contributed by atoms with van der Waals surface area (Å²) in [6.07, 6.45) is 0. The van der Waals surface area contributed by atoms with Crippen LogP contribution in [-0.4, -0.2) is 30.4 Å². The molecule has 0 atom stereocenters. The predicted octanol–water partition coefficient (Wildman–Crippen LogP) is 3.44. The van der Waals surface area contributed by atoms with Crippen molar-refractivity contribution in [3.8, 4) is 5.75 Å². The van der Waals surface area contributed by atoms with Gasteiger partial charge in [-0.3, -0.25) is 9.59 Å². The number of para-hydroxylation sites is 1. The molecule has 24 heavy (non-hydrogen) atoms. The fourth-order valence-corrected chi connectivity index (χ4v) is 2.66. The van der Waals surface area contributed by atoms with Crippen molar-refractivity contribution >= 4 is 33.4 Å². The number of benzene rings is 2. The Morgan fingerprint density at radius 2 is 1.92 bits per heavy atom. The van der Waals surface area contributed by atoms with Crippen molar-refractivity contribution in [3.05, 3.63) is 58.6 Å². The lowest BCUT2D eigenvalue weighted by Gasteiger charge is -2.21. The maximum absolute atomic E-state index is 12.2. The Kier molecular flexibility index (Phi) is 6.37. The Labute approximate surface area is 149 Å². The van der Waals surface area contributed by atoms with Gasteiger partial charge in [-0.15, -0.1) is 0 Å². The van der Waals surface area contributed by atoms with E-state index in [1.807, 2.05) is 36.4 Å². The molecular formula is C18H19BrN2O3. The molecular weight excluding hydrogens is 372 g/mol. The van der Waals surface area contributed by atoms with Crippen LogP contribution in [0, 0.1) is 0 Å². The minimum atomic E-state index is -0.252. The van der Waals surface area contributed by atoms with E-state index in [2.05, 4.69) is 21.2 Å². The Hall–Kier alpha value is -2.34. The van der Waals surface area contributed by atoms with Crippen LogP contribution >= 0.6 is 15.9 Å². The zero-order chi connectivity index (χ0) is 17.5. The quantitative estimate of drug-likeness (QED) is 0.821. The van der Waals surface area contributed by atoms with Crippen LogP contribution in [0.1, 0.15) is 12.5 Å². The van der Waals surface area contributed by atoms with Gasteiger partial charge in [-0.2, -0.15) is 0 Å². The number of rotatable bonds is 6. The minimum Gasteiger partial charge on any atom is -0.496 e. The number of nitrogens with one attached hydrogen (secondary N) is 1. The van der Waals surface area contributed by atoms with E-state index in [1.165, 1.54) is 11.8 Å². The summed E-state index contributed by atoms with van der Waals surface area (Å²) in [5, 5.41) is 2.79. The molecule has 2 amide bonds. The molecule has 0 saturated carbocycles. The summed E-state index contributed by atoms with van der Waals surface area (Å²) in [7, 11) is 1.58. The molecule has 0 radical (unpaired) electrons. The SMILES string of the molecule is COc1ccccc1CN(CC(=O)Nc1cccc(Br)c1)C(C)=O. The van der Waals surface area contributed by atoms with Crippen LogP contribution < -0.4 is 10.1 Å². The summed E-state index contributed by atoms with van der Waals surface area (Å²) in [4.78, 5) is 25.6. The smallest absolute Gasteiger partial charge is 0.244 e. The standard InChI is InChI=1S/C18H19BrN2O3/c1-13(22)21(11-14-6-3-4-9-17(14)24-2)12-18(23)20-16-8-5-7-15(19)10-16/h3-10H,11-12H2,1-2H3,(H,20,23). The second-order valence-corrected chi connectivity index (χ2v) is 6.16. The lowest BCUT2D eigenvalue weighted by atomic mass is 10.2. The van der Waals surface area contributed by atoms with Crippen LogP contribution in [0.3, 0.4) is 0 Å². The van der Waals surface area contributed by atoms with Gasteiger partial charge in [-0.25, -0.2) is 0 Å². The molecule has 0 unspecified atom stereocenters. The average Bonchev–Trinajstić information content (AvgIpc) is 2.54. The van der Waals surface area contributed by atoms with E-state index in [-0.39, 0.29) is 18.4 Å². The first-order valence-electron chi connectivity index (χ1n) is 7.42. The van der Waals surface area contributed by atoms with Crippen LogP contribution in [0.25, 0.3) is 0 Å². The monoisotopic (exact) mass is 390 g/mol. The molecule has 5 nitrogen and oxygen atoms in total. The molecule has 2 rings (SSSR count). The first kappa shape index (κ1) is 18.0. The molecule has 1 N–H and O–H groups in total. The molecule has 0 aliphatic heterocycles. The Morgan fingerprint density at radius 3 is 2.58 bits per heavy atom. The van der Waals surface area contributed by atoms with E-state index >= 15 is 0 Å². The van der Waals surface area contributed by atoms with Gasteiger partial charge >= 0.3 is 0 Å². The molecule has 2 aromatic carbocycles. The molecule has 0 heterocycles. The molecule has 0 aromatic heterocycles. The summed E-state index contributed by atoms with van der Waals surface area (Å²) < 4.78 is 6.17. The third-order valence-corrected chi connectivity index (χ3v) is 3.94. The summed E-state index contributed by atoms with van der Waals surface area (Å²) in [6, 6.07) is 14.7. The van der Waals surface area contributed by atoms with Gasteiger partial charge in [0.05, 0.1) is 7.11 Å². The van der Waals surface area contributed by atoms with Crippen LogP contribution in [0.4, 0.5) is 5.69 Å². The number of halogens is 1. The van der Waals surface area contributed by atoms with Gasteiger partial charge in [0.25, 0.3) is 0 Å². The molecule has 0 aliphatic rings. The molecule has 0 saturated heterocycles. The maximum atomic E-state index is 12.2. The Bertz CT molecular complexity index is 734. The third kappa shape index (κ3) is 5.09. The van der Waals surface area contributed by atoms with Gasteiger partial charge in [0.1, 0.15) is 12.3 Å². The summed E-state index contributed by atoms with van der Waals surface area (Å²) >= 11 is 3.36. The number of methoxy groups -OCH3 is 1. The number of anilines is 1. The normalized spacial score (nSPS) is 10.1. The van der Waals surface area contributed by atoms with Gasteiger partial charge in [0, 0.05) is 29.2 Å². The zero-order valence-electron chi connectivity index (χ0n) is 13.6. The van der Waals surface area contributed by atoms with E-state index in [1.54, 1.807) is 19.2 Å². The van der Waals surface area contributed by atoms with Crippen molar-refractivity contribution in [1.82, 2.24) is 4.90 Å². The highest BCUT2D eigenvalue weighted by Gasteiger charge is 2.16. The van der Waals surface area contributed by atoms with E-state index in [9.17, 15) is 9.59 Å². The molecule has 0 fully saturated rings. The van der Waals surface area contributed by atoms with Gasteiger partial charge in [0.2, 0.25) is 11.8 Å². The zero-order valence-corrected chi connectivity index (χ0v) is 15.2. The summed E-state index contributed by atoms with van der Waals surface area (Å²) in [5.74, 6) is 0.264. The van der Waals surface area contributed by atoms with Crippen LogP contribution in [0.15, 0.2) is 53.0 Å². The number of nitrogens with zero attached hydrogens (tertiary/aromatic N) is 1. The molecule has 6 heteroatoms. The number of ether oxygens (including phenoxy) is 1. The average molecular weight is 391 g/mol. The largest absolute Gasteiger partial charge is 0.496 e. The van der Waals surface area contributed by atoms with Crippen molar-refractivity contribution in [1.29, 1.82) is 0 Å². The highest BCUT2D eigenvalue weighted by molar-refractivity contribution is 9.10. The first-order valence-corrected chi connectivity index (χ1v) is 8.21. The number of carbonyl (C=O) groups is 2. The second-order valence-electron chi connectivity index (χ2n) is 5.25. The number of amides is 2. The maximum Gasteiger partial charge on any atom is 0.244 e. The van der Waals surface area contributed by atoms with Crippen molar-refractivity contribution in [3.63, 3.8) is 0 Å². The summed E-state index contributed by atoms with van der Waals surface area (Å²) in [5.41, 5.74) is 1.53. The van der Waals surface area contributed by atoms with Gasteiger partial charge in [0.15, 0.2) is 0 Å². The van der Waals surface area contributed by atoms with E-state index in [4.69, 9.17) is 4.74 Å². The predicted molar refractivity (Wildman–Crippen MR) is 96.9 cm³/mol. The third-order valence-electron chi connectivity index (χ3n) is 3.44. The minimum absolute atomic E-state index is 0.0279. The first-order chi connectivity index (χ1) is 11.5. The number of hydrogen-bond acceptors (Lipinski definition) is 3. The van der Waals surface area contributed by atoms with Gasteiger partial charge in [-0.05, 0) is 24.3 Å². The van der Waals surface area contributed by atoms with E-state index in [0.717, 1.165) is 10.0 Å². The number of hydrogen-bond donors (Lipinski definition) is 1. The van der Waals surface area contributed by atoms with E-state index < -0.39 is 0 Å². The lowest BCUT2D eigenvalue weighted by Crippen LogP contribution is -2.36. The summed E-state index contributed by atoms with van der Waals surface area (Å²) in [6.45, 7) is 1.73. The van der Waals surface area contributed by atoms with Crippen LogP contribution in [0.2, 0.25) is 0 Å². The lowest BCUT2D eigenvalue weighted by molar-refractivity contribution is -0.133. The fraction of sp³-hybridized carbons (Fsp3) is 0.222. The highest BCUT2D eigenvalue weighted by atomic mass is 79.9. The van der Waals surface area contributed by atoms with Crippen molar-refractivity contribution in [2.24, 2.45) is 0 Å². The fourth-order valence-electron chi connectivity index (χ4n) is 2.26. The molecule has 0 spiro atoms. The van der Waals surface area contributed by atoms with Gasteiger partial charge in [-0.1, -0.05) is 40.2 Å². The van der Waals surface area contributed by atoms with Gasteiger partial charge < -0.3 is 15.0 Å². The highest BCUT2D eigenvalue weighted by Crippen LogP contribution is 2.20. The molecule has 0 aliphatic carbocycles. The van der Waals surface area contributed by atoms with Crippen molar-refractivity contribution in [2.75, 3.05) is 19.0 Å². The topological polar surface area (TPSA) is 58.6 Å². The second kappa shape index (κ2) is 8.49. The molecule has 2 aromatic rings. The van der Waals surface area contributed by atoms with E-state index in [0.29, 0.717) is 18.0 Å². The van der Waals surface area contributed by atoms with Crippen molar-refractivity contribution in [2.45, 2.75) is 13.5 Å². The molecule has 0 bridgehead atoms. The molecule has 126 valence electrons. The van der Waals surface area contributed by atoms with Crippen LogP contribution in [0.5, 0.6) is 5.75 Å². The van der Waals surface area contributed by atoms with Crippen LogP contribution in [-0.2, 0) is 16.1 Å². The Balaban J connectivity index is 2.05. The number of carbonyl (C=O) groups excluding carboxylic acids is 2. The van der Waals surface area contributed by atoms with Crippen molar-refractivity contribution < 1.29 is 14.3 Å².